The van der Waals surface area contributed by atoms with Crippen LogP contribution in [0.4, 0.5) is 0 Å². The molecular formula is C10H16ClNO2S3. The third kappa shape index (κ3) is 3.38. The first-order chi connectivity index (χ1) is 7.95. The Hall–Kier alpha value is 0.250. The molecule has 1 atom stereocenters. The molecule has 3 nitrogen and oxygen atoms in total. The molecule has 0 N–H and O–H groups in total. The molecule has 0 saturated heterocycles. The van der Waals surface area contributed by atoms with Crippen LogP contribution in [-0.4, -0.2) is 37.8 Å². The van der Waals surface area contributed by atoms with Gasteiger partial charge in [-0.2, -0.15) is 16.1 Å². The van der Waals surface area contributed by atoms with Gasteiger partial charge in [-0.15, -0.1) is 22.9 Å². The smallest absolute Gasteiger partial charge is 0.207 e. The maximum absolute atomic E-state index is 12.4. The van der Waals surface area contributed by atoms with Crippen molar-refractivity contribution in [3.63, 3.8) is 0 Å². The van der Waals surface area contributed by atoms with Crippen LogP contribution in [0.5, 0.6) is 0 Å². The molecule has 0 fully saturated rings. The van der Waals surface area contributed by atoms with E-state index in [1.54, 1.807) is 30.3 Å². The van der Waals surface area contributed by atoms with Crippen LogP contribution in [0.3, 0.4) is 0 Å². The van der Waals surface area contributed by atoms with Gasteiger partial charge in [0, 0.05) is 23.7 Å². The lowest BCUT2D eigenvalue weighted by Gasteiger charge is -2.23. The standard InChI is InChI=1S/C10H16ClNO2S3/c1-8(7-15-3)12(2)17(13,14)10-4-5-16-9(10)6-11/h4-5,8H,6-7H2,1-3H3. The molecule has 0 aliphatic rings. The first-order valence-corrected chi connectivity index (χ1v) is 9.29. The van der Waals surface area contributed by atoms with Gasteiger partial charge < -0.3 is 0 Å². The van der Waals surface area contributed by atoms with Gasteiger partial charge in [0.1, 0.15) is 0 Å². The van der Waals surface area contributed by atoms with E-state index in [1.807, 2.05) is 13.2 Å². The second-order valence-electron chi connectivity index (χ2n) is 3.67. The fourth-order valence-corrected chi connectivity index (χ4v) is 5.23. The predicted molar refractivity (Wildman–Crippen MR) is 76.7 cm³/mol. The highest BCUT2D eigenvalue weighted by molar-refractivity contribution is 7.98. The Labute approximate surface area is 116 Å². The molecule has 1 heterocycles. The van der Waals surface area contributed by atoms with Crippen LogP contribution in [0.2, 0.25) is 0 Å². The van der Waals surface area contributed by atoms with E-state index >= 15 is 0 Å². The number of thioether (sulfide) groups is 1. The summed E-state index contributed by atoms with van der Waals surface area (Å²) >= 11 is 8.76. The molecule has 7 heteroatoms. The SMILES string of the molecule is CSCC(C)N(C)S(=O)(=O)c1ccsc1CCl. The van der Waals surface area contributed by atoms with Crippen LogP contribution in [0.25, 0.3) is 0 Å². The van der Waals surface area contributed by atoms with Gasteiger partial charge in [0.25, 0.3) is 0 Å². The molecule has 0 radical (unpaired) electrons. The summed E-state index contributed by atoms with van der Waals surface area (Å²) in [7, 11) is -1.80. The molecule has 0 saturated carbocycles. The normalized spacial score (nSPS) is 14.2. The molecule has 1 aromatic heterocycles. The van der Waals surface area contributed by atoms with E-state index in [1.165, 1.54) is 15.6 Å². The van der Waals surface area contributed by atoms with Gasteiger partial charge in [0.2, 0.25) is 10.0 Å². The van der Waals surface area contributed by atoms with E-state index in [0.717, 1.165) is 5.75 Å². The predicted octanol–water partition coefficient (Wildman–Crippen LogP) is 2.86. The lowest BCUT2D eigenvalue weighted by atomic mass is 10.4. The summed E-state index contributed by atoms with van der Waals surface area (Å²) in [5.74, 6) is 1.01. The molecule has 17 heavy (non-hydrogen) atoms. The van der Waals surface area contributed by atoms with Crippen molar-refractivity contribution in [2.75, 3.05) is 19.1 Å². The number of hydrogen-bond donors (Lipinski definition) is 0. The fourth-order valence-electron chi connectivity index (χ4n) is 1.39. The molecule has 1 aromatic rings. The summed E-state index contributed by atoms with van der Waals surface area (Å²) in [4.78, 5) is 1.04. The summed E-state index contributed by atoms with van der Waals surface area (Å²) in [5.41, 5.74) is 0. The highest BCUT2D eigenvalue weighted by atomic mass is 35.5. The Morgan fingerprint density at radius 3 is 2.76 bits per heavy atom. The zero-order chi connectivity index (χ0) is 13.1. The fraction of sp³-hybridized carbons (Fsp3) is 0.600. The van der Waals surface area contributed by atoms with Gasteiger partial charge in [-0.05, 0) is 24.6 Å². The number of alkyl halides is 1. The summed E-state index contributed by atoms with van der Waals surface area (Å²) < 4.78 is 26.1. The van der Waals surface area contributed by atoms with E-state index in [-0.39, 0.29) is 11.9 Å². The molecular weight excluding hydrogens is 298 g/mol. The Balaban J connectivity index is 3.03. The first kappa shape index (κ1) is 15.3. The summed E-state index contributed by atoms with van der Waals surface area (Å²) in [5, 5.41) is 1.76. The minimum Gasteiger partial charge on any atom is -0.207 e. The Morgan fingerprint density at radius 2 is 2.24 bits per heavy atom. The molecule has 0 aromatic carbocycles. The average Bonchev–Trinajstić information content (AvgIpc) is 2.76. The maximum Gasteiger partial charge on any atom is 0.244 e. The molecule has 0 aliphatic heterocycles. The second kappa shape index (κ2) is 6.43. The van der Waals surface area contributed by atoms with Crippen LogP contribution in [0.15, 0.2) is 16.3 Å². The van der Waals surface area contributed by atoms with Crippen molar-refractivity contribution in [1.29, 1.82) is 0 Å². The third-order valence-electron chi connectivity index (χ3n) is 2.51. The molecule has 0 aliphatic carbocycles. The Kier molecular flexibility index (Phi) is 5.79. The van der Waals surface area contributed by atoms with E-state index in [9.17, 15) is 8.42 Å². The third-order valence-corrected chi connectivity index (χ3v) is 6.86. The number of hydrogen-bond acceptors (Lipinski definition) is 4. The monoisotopic (exact) mass is 313 g/mol. The van der Waals surface area contributed by atoms with E-state index in [0.29, 0.717) is 9.77 Å². The van der Waals surface area contributed by atoms with Crippen molar-refractivity contribution in [2.24, 2.45) is 0 Å². The Morgan fingerprint density at radius 1 is 1.59 bits per heavy atom. The van der Waals surface area contributed by atoms with E-state index in [4.69, 9.17) is 11.6 Å². The van der Waals surface area contributed by atoms with Crippen LogP contribution in [0.1, 0.15) is 11.8 Å². The highest BCUT2D eigenvalue weighted by Crippen LogP contribution is 2.27. The van der Waals surface area contributed by atoms with Crippen LogP contribution in [0, 0.1) is 0 Å². The van der Waals surface area contributed by atoms with Crippen molar-refractivity contribution in [3.05, 3.63) is 16.3 Å². The van der Waals surface area contributed by atoms with Gasteiger partial charge in [-0.1, -0.05) is 0 Å². The van der Waals surface area contributed by atoms with Crippen LogP contribution >= 0.6 is 34.7 Å². The molecule has 1 rings (SSSR count). The molecule has 0 bridgehead atoms. The minimum absolute atomic E-state index is 0.0296. The minimum atomic E-state index is -3.41. The molecule has 1 unspecified atom stereocenters. The summed E-state index contributed by atoms with van der Waals surface area (Å²) in [6.45, 7) is 1.90. The topological polar surface area (TPSA) is 37.4 Å². The molecule has 0 spiro atoms. The largest absolute Gasteiger partial charge is 0.244 e. The zero-order valence-electron chi connectivity index (χ0n) is 10.0. The quantitative estimate of drug-likeness (QED) is 0.758. The number of nitrogens with zero attached hydrogens (tertiary/aromatic N) is 1. The van der Waals surface area contributed by atoms with Gasteiger partial charge in [-0.3, -0.25) is 0 Å². The van der Waals surface area contributed by atoms with Gasteiger partial charge in [0.05, 0.1) is 10.8 Å². The van der Waals surface area contributed by atoms with Crippen molar-refractivity contribution in [1.82, 2.24) is 4.31 Å². The van der Waals surface area contributed by atoms with E-state index < -0.39 is 10.0 Å². The van der Waals surface area contributed by atoms with Crippen LogP contribution < -0.4 is 0 Å². The van der Waals surface area contributed by atoms with Gasteiger partial charge in [0.15, 0.2) is 0 Å². The van der Waals surface area contributed by atoms with Crippen molar-refractivity contribution < 1.29 is 8.42 Å². The lowest BCUT2D eigenvalue weighted by Crippen LogP contribution is -2.36. The molecule has 0 amide bonds. The lowest BCUT2D eigenvalue weighted by molar-refractivity contribution is 0.415. The Bertz CT molecular complexity index is 458. The maximum atomic E-state index is 12.4. The van der Waals surface area contributed by atoms with E-state index in [2.05, 4.69) is 0 Å². The molecule has 98 valence electrons. The number of halogens is 1. The van der Waals surface area contributed by atoms with Gasteiger partial charge in [-0.25, -0.2) is 8.42 Å². The first-order valence-electron chi connectivity index (χ1n) is 5.04. The summed E-state index contributed by atoms with van der Waals surface area (Å²) in [6.07, 6.45) is 1.96. The zero-order valence-corrected chi connectivity index (χ0v) is 13.2. The van der Waals surface area contributed by atoms with Gasteiger partial charge >= 0.3 is 0 Å². The van der Waals surface area contributed by atoms with Crippen molar-refractivity contribution in [3.8, 4) is 0 Å². The summed E-state index contributed by atoms with van der Waals surface area (Å²) in [6, 6.07) is 1.60. The van der Waals surface area contributed by atoms with Crippen LogP contribution in [-0.2, 0) is 15.9 Å². The number of thiophene rings is 1. The average molecular weight is 314 g/mol. The highest BCUT2D eigenvalue weighted by Gasteiger charge is 2.27. The number of rotatable bonds is 6. The van der Waals surface area contributed by atoms with Crippen molar-refractivity contribution >= 4 is 44.7 Å². The second-order valence-corrected chi connectivity index (χ2v) is 7.81. The van der Waals surface area contributed by atoms with Crippen molar-refractivity contribution in [2.45, 2.75) is 23.7 Å². The number of sulfonamides is 1.